The Bertz CT molecular complexity index is 215. The van der Waals surface area contributed by atoms with Crippen LogP contribution in [0.3, 0.4) is 0 Å². The third-order valence-corrected chi connectivity index (χ3v) is 2.75. The second kappa shape index (κ2) is 6.61. The van der Waals surface area contributed by atoms with Gasteiger partial charge in [0.05, 0.1) is 12.2 Å². The van der Waals surface area contributed by atoms with E-state index in [-0.39, 0.29) is 6.61 Å². The van der Waals surface area contributed by atoms with E-state index < -0.39 is 13.4 Å². The molecule has 2 N–H and O–H groups in total. The van der Waals surface area contributed by atoms with Crippen molar-refractivity contribution < 1.29 is 18.5 Å². The molecule has 0 aromatic heterocycles. The maximum atomic E-state index is 11.4. The molecule has 5 nitrogen and oxygen atoms in total. The Labute approximate surface area is 91.8 Å². The summed E-state index contributed by atoms with van der Waals surface area (Å²) in [5, 5.41) is 2.99. The molecule has 0 spiro atoms. The molecule has 0 aliphatic carbocycles. The number of phosphoric ester groups is 1. The predicted molar refractivity (Wildman–Crippen MR) is 59.8 cm³/mol. The Morgan fingerprint density at radius 1 is 1.33 bits per heavy atom. The summed E-state index contributed by atoms with van der Waals surface area (Å²) in [7, 11) is -2.02. The first-order chi connectivity index (χ1) is 6.77. The smallest absolute Gasteiger partial charge is 0.320 e. The molecule has 0 amide bonds. The molecule has 0 aliphatic heterocycles. The quantitative estimate of drug-likeness (QED) is 0.524. The third-order valence-electron chi connectivity index (χ3n) is 1.46. The summed E-state index contributed by atoms with van der Waals surface area (Å²) in [5.74, 6) is 0. The van der Waals surface area contributed by atoms with Crippen molar-refractivity contribution in [3.05, 3.63) is 0 Å². The number of phosphoric acid groups is 1. The lowest BCUT2D eigenvalue weighted by Gasteiger charge is -2.22. The minimum atomic E-state index is -3.88. The van der Waals surface area contributed by atoms with E-state index in [2.05, 4.69) is 5.32 Å². The van der Waals surface area contributed by atoms with Gasteiger partial charge in [-0.1, -0.05) is 0 Å². The second-order valence-corrected chi connectivity index (χ2v) is 5.69. The molecule has 0 radical (unpaired) electrons. The lowest BCUT2D eigenvalue weighted by molar-refractivity contribution is 0.0612. The van der Waals surface area contributed by atoms with Gasteiger partial charge < -0.3 is 10.2 Å². The van der Waals surface area contributed by atoms with Gasteiger partial charge in [0.15, 0.2) is 0 Å². The molecule has 0 saturated heterocycles. The first-order valence-corrected chi connectivity index (χ1v) is 6.59. The van der Waals surface area contributed by atoms with Gasteiger partial charge in [0, 0.05) is 0 Å². The van der Waals surface area contributed by atoms with Crippen LogP contribution in [0.5, 0.6) is 0 Å². The van der Waals surface area contributed by atoms with Crippen LogP contribution in [0, 0.1) is 0 Å². The van der Waals surface area contributed by atoms with Gasteiger partial charge in [-0.25, -0.2) is 4.57 Å². The van der Waals surface area contributed by atoms with Gasteiger partial charge in [-0.05, 0) is 47.2 Å². The van der Waals surface area contributed by atoms with Gasteiger partial charge in [-0.3, -0.25) is 9.05 Å². The van der Waals surface area contributed by atoms with E-state index >= 15 is 0 Å². The fourth-order valence-corrected chi connectivity index (χ4v) is 2.06. The number of nitrogens with one attached hydrogen (secondary N) is 1. The zero-order chi connectivity index (χ0) is 11.9. The summed E-state index contributed by atoms with van der Waals surface area (Å²) in [4.78, 5) is 9.30. The monoisotopic (exact) mass is 239 g/mol. The molecule has 0 aliphatic rings. The highest BCUT2D eigenvalue weighted by Gasteiger charge is 2.28. The lowest BCUT2D eigenvalue weighted by Crippen LogP contribution is -2.18. The average molecular weight is 239 g/mol. The highest BCUT2D eigenvalue weighted by Crippen LogP contribution is 2.47. The van der Waals surface area contributed by atoms with Crippen molar-refractivity contribution >= 4 is 7.82 Å². The zero-order valence-corrected chi connectivity index (χ0v) is 10.8. The standard InChI is InChI=1S/C9H22NO4P/c1-9(2,3)14-15(11,12)13-8-6-5-7-10-4/h10H,5-8H2,1-4H3,(H,11,12). The predicted octanol–water partition coefficient (Wildman–Crippen LogP) is 1.92. The Morgan fingerprint density at radius 3 is 2.40 bits per heavy atom. The van der Waals surface area contributed by atoms with Crippen molar-refractivity contribution in [1.82, 2.24) is 5.32 Å². The van der Waals surface area contributed by atoms with Crippen LogP contribution < -0.4 is 5.32 Å². The largest absolute Gasteiger partial charge is 0.472 e. The van der Waals surface area contributed by atoms with Crippen LogP contribution >= 0.6 is 7.82 Å². The molecule has 0 bridgehead atoms. The second-order valence-electron chi connectivity index (χ2n) is 4.32. The summed E-state index contributed by atoms with van der Waals surface area (Å²) in [6.45, 7) is 6.24. The van der Waals surface area contributed by atoms with Gasteiger partial charge in [0.25, 0.3) is 0 Å². The minimum Gasteiger partial charge on any atom is -0.320 e. The first-order valence-electron chi connectivity index (χ1n) is 5.09. The highest BCUT2D eigenvalue weighted by molar-refractivity contribution is 7.47. The van der Waals surface area contributed by atoms with Crippen LogP contribution in [0.4, 0.5) is 0 Å². The SMILES string of the molecule is CNCCCCOP(=O)(O)OC(C)(C)C. The first kappa shape index (κ1) is 15.1. The van der Waals surface area contributed by atoms with Crippen LogP contribution in [0.2, 0.25) is 0 Å². The molecule has 0 aromatic rings. The van der Waals surface area contributed by atoms with Crippen molar-refractivity contribution in [3.63, 3.8) is 0 Å². The van der Waals surface area contributed by atoms with Crippen LogP contribution in [0.25, 0.3) is 0 Å². The van der Waals surface area contributed by atoms with E-state index in [0.29, 0.717) is 0 Å². The molecule has 0 saturated carbocycles. The van der Waals surface area contributed by atoms with Gasteiger partial charge in [-0.2, -0.15) is 0 Å². The molecular formula is C9H22NO4P. The Morgan fingerprint density at radius 2 is 1.93 bits per heavy atom. The molecule has 1 unspecified atom stereocenters. The molecule has 0 fully saturated rings. The van der Waals surface area contributed by atoms with Crippen molar-refractivity contribution in [1.29, 1.82) is 0 Å². The van der Waals surface area contributed by atoms with Crippen LogP contribution in [-0.2, 0) is 13.6 Å². The topological polar surface area (TPSA) is 67.8 Å². The van der Waals surface area contributed by atoms with Crippen LogP contribution in [0.1, 0.15) is 33.6 Å². The molecule has 15 heavy (non-hydrogen) atoms. The molecule has 1 atom stereocenters. The lowest BCUT2D eigenvalue weighted by atomic mass is 10.2. The van der Waals surface area contributed by atoms with Crippen LogP contribution in [-0.4, -0.2) is 30.7 Å². The Balaban J connectivity index is 3.70. The van der Waals surface area contributed by atoms with E-state index in [0.717, 1.165) is 19.4 Å². The van der Waals surface area contributed by atoms with E-state index in [1.54, 1.807) is 20.8 Å². The van der Waals surface area contributed by atoms with E-state index in [1.807, 2.05) is 7.05 Å². The summed E-state index contributed by atoms with van der Waals surface area (Å²) in [6.07, 6.45) is 1.64. The average Bonchev–Trinajstić information content (AvgIpc) is 1.99. The fourth-order valence-electron chi connectivity index (χ4n) is 0.956. The molecule has 0 aromatic carbocycles. The highest BCUT2D eigenvalue weighted by atomic mass is 31.2. The molecular weight excluding hydrogens is 217 g/mol. The van der Waals surface area contributed by atoms with Crippen molar-refractivity contribution in [2.75, 3.05) is 20.2 Å². The van der Waals surface area contributed by atoms with Crippen molar-refractivity contribution in [3.8, 4) is 0 Å². The Hall–Kier alpha value is 0.0700. The summed E-state index contributed by atoms with van der Waals surface area (Å²) >= 11 is 0. The van der Waals surface area contributed by atoms with Gasteiger partial charge in [0.1, 0.15) is 0 Å². The molecule has 0 rings (SSSR count). The van der Waals surface area contributed by atoms with Gasteiger partial charge in [-0.15, -0.1) is 0 Å². The van der Waals surface area contributed by atoms with Gasteiger partial charge >= 0.3 is 7.82 Å². The molecule has 6 heteroatoms. The third kappa shape index (κ3) is 10.4. The fraction of sp³-hybridized carbons (Fsp3) is 1.00. The van der Waals surface area contributed by atoms with E-state index in [4.69, 9.17) is 9.05 Å². The zero-order valence-electron chi connectivity index (χ0n) is 9.95. The van der Waals surface area contributed by atoms with Gasteiger partial charge in [0.2, 0.25) is 0 Å². The number of unbranched alkanes of at least 4 members (excludes halogenated alkanes) is 1. The molecule has 0 heterocycles. The van der Waals surface area contributed by atoms with Crippen LogP contribution in [0.15, 0.2) is 0 Å². The van der Waals surface area contributed by atoms with Crippen molar-refractivity contribution in [2.45, 2.75) is 39.2 Å². The maximum absolute atomic E-state index is 11.4. The van der Waals surface area contributed by atoms with E-state index in [1.165, 1.54) is 0 Å². The summed E-state index contributed by atoms with van der Waals surface area (Å²) in [5.41, 5.74) is -0.671. The van der Waals surface area contributed by atoms with E-state index in [9.17, 15) is 9.46 Å². The summed E-state index contributed by atoms with van der Waals surface area (Å²) in [6, 6.07) is 0. The molecule has 92 valence electrons. The Kier molecular flexibility index (Phi) is 6.64. The minimum absolute atomic E-state index is 0.242. The number of rotatable bonds is 7. The summed E-state index contributed by atoms with van der Waals surface area (Å²) < 4.78 is 21.1. The normalized spacial score (nSPS) is 16.3. The number of hydrogen-bond donors (Lipinski definition) is 2. The van der Waals surface area contributed by atoms with Crippen molar-refractivity contribution in [2.24, 2.45) is 0 Å². The number of hydrogen-bond acceptors (Lipinski definition) is 4. The maximum Gasteiger partial charge on any atom is 0.472 e.